The summed E-state index contributed by atoms with van der Waals surface area (Å²) < 4.78 is 25.8. The summed E-state index contributed by atoms with van der Waals surface area (Å²) in [4.78, 5) is 24.0. The van der Waals surface area contributed by atoms with Gasteiger partial charge < -0.3 is 29.0 Å². The minimum absolute atomic E-state index is 0.293. The third-order valence-corrected chi connectivity index (χ3v) is 4.07. The van der Waals surface area contributed by atoms with Crippen molar-refractivity contribution >= 4 is 29.2 Å². The molecule has 0 fully saturated rings. The summed E-state index contributed by atoms with van der Waals surface area (Å²) in [5.41, 5.74) is 1.31. The number of rotatable bonds is 9. The summed E-state index contributed by atoms with van der Waals surface area (Å²) in [5, 5.41) is 2.86. The van der Waals surface area contributed by atoms with Crippen LogP contribution in [0.25, 0.3) is 0 Å². The van der Waals surface area contributed by atoms with E-state index in [9.17, 15) is 9.59 Å². The van der Waals surface area contributed by atoms with Crippen molar-refractivity contribution in [2.75, 3.05) is 39.9 Å². The molecule has 1 amide bonds. The molecular weight excluding hydrogens is 402 g/mol. The molecule has 0 aliphatic heterocycles. The van der Waals surface area contributed by atoms with Crippen LogP contribution in [0.1, 0.15) is 5.56 Å². The molecule has 1 N–H and O–H groups in total. The summed E-state index contributed by atoms with van der Waals surface area (Å²) in [7, 11) is 4.41. The van der Waals surface area contributed by atoms with E-state index in [1.165, 1.54) is 33.5 Å². The van der Waals surface area contributed by atoms with Crippen molar-refractivity contribution in [3.8, 4) is 23.0 Å². The Labute approximate surface area is 173 Å². The summed E-state index contributed by atoms with van der Waals surface area (Å²) in [6, 6.07) is 8.30. The van der Waals surface area contributed by atoms with Crippen LogP contribution in [-0.4, -0.2) is 46.4 Å². The lowest BCUT2D eigenvalue weighted by molar-refractivity contribution is -0.149. The van der Waals surface area contributed by atoms with E-state index in [1.54, 1.807) is 12.1 Å². The average molecular weight is 424 g/mol. The van der Waals surface area contributed by atoms with Crippen LogP contribution in [0.2, 0.25) is 5.02 Å². The lowest BCUT2D eigenvalue weighted by atomic mass is 10.2. The number of carbonyl (C=O) groups excluding carboxylic acids is 2. The van der Waals surface area contributed by atoms with Gasteiger partial charge in [0.15, 0.2) is 24.7 Å². The number of hydrogen-bond donors (Lipinski definition) is 1. The van der Waals surface area contributed by atoms with Crippen LogP contribution in [0.15, 0.2) is 30.3 Å². The quantitative estimate of drug-likeness (QED) is 0.619. The Hall–Kier alpha value is -3.13. The Morgan fingerprint density at radius 3 is 2.24 bits per heavy atom. The molecule has 0 radical (unpaired) electrons. The summed E-state index contributed by atoms with van der Waals surface area (Å²) in [6.45, 7) is 1.04. The van der Waals surface area contributed by atoms with Gasteiger partial charge in [0, 0.05) is 6.07 Å². The third-order valence-electron chi connectivity index (χ3n) is 3.78. The van der Waals surface area contributed by atoms with Gasteiger partial charge in [0.25, 0.3) is 5.91 Å². The molecule has 0 aliphatic carbocycles. The maximum atomic E-state index is 12.1. The molecule has 0 spiro atoms. The number of hydrogen-bond acceptors (Lipinski definition) is 7. The van der Waals surface area contributed by atoms with Crippen molar-refractivity contribution in [1.29, 1.82) is 0 Å². The number of halogens is 1. The van der Waals surface area contributed by atoms with Gasteiger partial charge in [-0.15, -0.1) is 0 Å². The molecule has 2 rings (SSSR count). The molecule has 9 heteroatoms. The van der Waals surface area contributed by atoms with Gasteiger partial charge >= 0.3 is 5.97 Å². The third kappa shape index (κ3) is 6.18. The van der Waals surface area contributed by atoms with Crippen molar-refractivity contribution in [2.45, 2.75) is 6.92 Å². The lowest BCUT2D eigenvalue weighted by Gasteiger charge is -2.13. The minimum Gasteiger partial charge on any atom is -0.495 e. The number of esters is 1. The van der Waals surface area contributed by atoms with E-state index in [0.717, 1.165) is 5.56 Å². The van der Waals surface area contributed by atoms with Crippen LogP contribution >= 0.6 is 11.6 Å². The smallest absolute Gasteiger partial charge is 0.344 e. The molecule has 2 aromatic rings. The molecule has 0 bridgehead atoms. The maximum Gasteiger partial charge on any atom is 0.344 e. The Morgan fingerprint density at radius 2 is 1.59 bits per heavy atom. The van der Waals surface area contributed by atoms with Crippen molar-refractivity contribution in [2.24, 2.45) is 0 Å². The number of benzene rings is 2. The number of carbonyl (C=O) groups is 2. The number of amides is 1. The molecule has 0 heterocycles. The fraction of sp³-hybridized carbons (Fsp3) is 0.300. The zero-order valence-electron chi connectivity index (χ0n) is 16.5. The fourth-order valence-corrected chi connectivity index (χ4v) is 2.60. The Morgan fingerprint density at radius 1 is 0.897 bits per heavy atom. The van der Waals surface area contributed by atoms with E-state index >= 15 is 0 Å². The highest BCUT2D eigenvalue weighted by atomic mass is 35.5. The maximum absolute atomic E-state index is 12.1. The summed E-state index contributed by atoms with van der Waals surface area (Å²) in [5.74, 6) is 0.377. The molecule has 2 aromatic carbocycles. The van der Waals surface area contributed by atoms with Gasteiger partial charge in [0.2, 0.25) is 0 Å². The summed E-state index contributed by atoms with van der Waals surface area (Å²) >= 11 is 6.06. The molecule has 8 nitrogen and oxygen atoms in total. The highest BCUT2D eigenvalue weighted by Gasteiger charge is 2.15. The average Bonchev–Trinajstić information content (AvgIpc) is 2.71. The van der Waals surface area contributed by atoms with Crippen LogP contribution in [0.5, 0.6) is 23.0 Å². The lowest BCUT2D eigenvalue weighted by Crippen LogP contribution is -2.24. The molecule has 0 aromatic heterocycles. The first-order chi connectivity index (χ1) is 13.9. The second-order valence-electron chi connectivity index (χ2n) is 5.84. The number of aryl methyl sites for hydroxylation is 1. The molecule has 0 atom stereocenters. The van der Waals surface area contributed by atoms with E-state index in [1.807, 2.05) is 13.0 Å². The van der Waals surface area contributed by atoms with Gasteiger partial charge in [-0.1, -0.05) is 17.7 Å². The predicted octanol–water partition coefficient (Wildman–Crippen LogP) is 3.23. The topological polar surface area (TPSA) is 92.3 Å². The Kier molecular flexibility index (Phi) is 7.97. The van der Waals surface area contributed by atoms with Crippen molar-refractivity contribution < 1.29 is 33.3 Å². The van der Waals surface area contributed by atoms with Crippen LogP contribution in [0.4, 0.5) is 5.69 Å². The van der Waals surface area contributed by atoms with Crippen molar-refractivity contribution in [1.82, 2.24) is 0 Å². The second kappa shape index (κ2) is 10.4. The van der Waals surface area contributed by atoms with E-state index in [0.29, 0.717) is 33.7 Å². The Bertz CT molecular complexity index is 885. The van der Waals surface area contributed by atoms with Crippen molar-refractivity contribution in [3.63, 3.8) is 0 Å². The first kappa shape index (κ1) is 22.2. The first-order valence-corrected chi connectivity index (χ1v) is 8.90. The Balaban J connectivity index is 1.88. The molecule has 0 saturated heterocycles. The molecule has 29 heavy (non-hydrogen) atoms. The highest BCUT2D eigenvalue weighted by Crippen LogP contribution is 2.35. The molecular formula is C20H22ClNO7. The second-order valence-corrected chi connectivity index (χ2v) is 6.25. The van der Waals surface area contributed by atoms with Crippen LogP contribution in [0.3, 0.4) is 0 Å². The zero-order valence-corrected chi connectivity index (χ0v) is 17.3. The molecule has 156 valence electrons. The monoisotopic (exact) mass is 423 g/mol. The largest absolute Gasteiger partial charge is 0.495 e. The van der Waals surface area contributed by atoms with E-state index in [4.69, 9.17) is 35.3 Å². The van der Waals surface area contributed by atoms with Gasteiger partial charge in [-0.25, -0.2) is 4.79 Å². The van der Waals surface area contributed by atoms with Gasteiger partial charge in [-0.3, -0.25) is 4.79 Å². The normalized spacial score (nSPS) is 10.1. The first-order valence-electron chi connectivity index (χ1n) is 8.52. The molecule has 0 unspecified atom stereocenters. The summed E-state index contributed by atoms with van der Waals surface area (Å²) in [6.07, 6.45) is 0. The number of nitrogens with one attached hydrogen (secondary N) is 1. The van der Waals surface area contributed by atoms with Crippen LogP contribution < -0.4 is 24.3 Å². The highest BCUT2D eigenvalue weighted by molar-refractivity contribution is 6.32. The minimum atomic E-state index is -0.706. The molecule has 0 aliphatic rings. The van der Waals surface area contributed by atoms with Gasteiger partial charge in [0.05, 0.1) is 32.0 Å². The standard InChI is InChI=1S/C20H22ClNO7/c1-12-5-6-15(18(7-12)27-4)28-11-20(24)29-10-19(23)22-14-8-13(21)16(25-2)9-17(14)26-3/h5-9H,10-11H2,1-4H3,(H,22,23). The zero-order chi connectivity index (χ0) is 21.4. The number of methoxy groups -OCH3 is 3. The van der Waals surface area contributed by atoms with Gasteiger partial charge in [-0.2, -0.15) is 0 Å². The van der Waals surface area contributed by atoms with Gasteiger partial charge in [-0.05, 0) is 30.7 Å². The van der Waals surface area contributed by atoms with E-state index in [-0.39, 0.29) is 6.61 Å². The van der Waals surface area contributed by atoms with E-state index in [2.05, 4.69) is 5.32 Å². The van der Waals surface area contributed by atoms with E-state index < -0.39 is 18.5 Å². The predicted molar refractivity (Wildman–Crippen MR) is 107 cm³/mol. The molecule has 0 saturated carbocycles. The van der Waals surface area contributed by atoms with Crippen LogP contribution in [0, 0.1) is 6.92 Å². The number of anilines is 1. The van der Waals surface area contributed by atoms with Gasteiger partial charge in [0.1, 0.15) is 11.5 Å². The number of ether oxygens (including phenoxy) is 5. The fourth-order valence-electron chi connectivity index (χ4n) is 2.36. The van der Waals surface area contributed by atoms with Crippen molar-refractivity contribution in [3.05, 3.63) is 40.9 Å². The van der Waals surface area contributed by atoms with Crippen LogP contribution in [-0.2, 0) is 14.3 Å². The SMILES string of the molecule is COc1cc(OC)c(NC(=O)COC(=O)COc2ccc(C)cc2OC)cc1Cl.